The van der Waals surface area contributed by atoms with Crippen LogP contribution < -0.4 is 17.0 Å². The minimum Gasteiger partial charge on any atom is -1.00 e. The van der Waals surface area contributed by atoms with Crippen LogP contribution in [0.25, 0.3) is 0 Å². The summed E-state index contributed by atoms with van der Waals surface area (Å²) in [6.45, 7) is 6.82. The van der Waals surface area contributed by atoms with Gasteiger partial charge in [0.15, 0.2) is 0 Å². The molecule has 1 nitrogen and oxygen atoms in total. The first-order valence-corrected chi connectivity index (χ1v) is 14.8. The van der Waals surface area contributed by atoms with Gasteiger partial charge in [-0.25, -0.2) is 0 Å². The van der Waals surface area contributed by atoms with Crippen molar-refractivity contribution in [2.75, 3.05) is 0 Å². The summed E-state index contributed by atoms with van der Waals surface area (Å²) in [7, 11) is 0. The van der Waals surface area contributed by atoms with Crippen LogP contribution in [0, 0.1) is 0 Å². The number of unbranched alkanes of at least 4 members (excludes halogenated alkanes) is 9. The van der Waals surface area contributed by atoms with E-state index < -0.39 is 19.6 Å². The normalized spacial score (nSPS) is 10.8. The number of halogens is 1. The molecule has 0 spiro atoms. The van der Waals surface area contributed by atoms with Gasteiger partial charge in [0.1, 0.15) is 0 Å². The third-order valence-corrected chi connectivity index (χ3v) is 11.3. The Morgan fingerprint density at radius 1 is 0.652 bits per heavy atom. The Morgan fingerprint density at radius 2 is 1.09 bits per heavy atom. The van der Waals surface area contributed by atoms with Crippen LogP contribution in [0.2, 0.25) is 13.4 Å². The summed E-state index contributed by atoms with van der Waals surface area (Å²) in [5.41, 5.74) is 0. The molecule has 23 heavy (non-hydrogen) atoms. The number of Topliss-reactive ketones (excluding diaryl/α,β-unsaturated/α-hetero) is 1. The second-order valence-corrected chi connectivity index (χ2v) is 13.3. The monoisotopic (exact) mass is 506 g/mol. The average Bonchev–Trinajstić information content (AvgIpc) is 2.52. The van der Waals surface area contributed by atoms with Crippen molar-refractivity contribution >= 4 is 25.3 Å². The molecule has 0 N–H and O–H groups in total. The first-order chi connectivity index (χ1) is 10.7. The summed E-state index contributed by atoms with van der Waals surface area (Å²) in [5, 5.41) is 0. The summed E-state index contributed by atoms with van der Waals surface area (Å²) < 4.78 is 3.89. The predicted octanol–water partition coefficient (Wildman–Crippen LogP) is 4.19. The van der Waals surface area contributed by atoms with E-state index in [0.717, 1.165) is 17.3 Å². The third kappa shape index (κ3) is 19.1. The van der Waals surface area contributed by atoms with Gasteiger partial charge in [0.2, 0.25) is 0 Å². The van der Waals surface area contributed by atoms with Crippen molar-refractivity contribution in [1.82, 2.24) is 0 Å². The van der Waals surface area contributed by atoms with E-state index in [-0.39, 0.29) is 17.0 Å². The molecule has 0 saturated heterocycles. The molecule has 140 valence electrons. The molecule has 0 aliphatic carbocycles. The summed E-state index contributed by atoms with van der Waals surface area (Å²) >= 11 is -1.07. The summed E-state index contributed by atoms with van der Waals surface area (Å²) in [6, 6.07) is 0. The molecule has 3 heteroatoms. The molecule has 0 atom stereocenters. The predicted molar refractivity (Wildman–Crippen MR) is 102 cm³/mol. The Bertz CT molecular complexity index is 238. The van der Waals surface area contributed by atoms with E-state index in [4.69, 9.17) is 0 Å². The molecule has 0 bridgehead atoms. The van der Waals surface area contributed by atoms with E-state index in [1.165, 1.54) is 79.6 Å². The Labute approximate surface area is 164 Å². The molecule has 0 aromatic carbocycles. The van der Waals surface area contributed by atoms with Crippen LogP contribution in [-0.4, -0.2) is 25.3 Å². The fourth-order valence-electron chi connectivity index (χ4n) is 2.70. The van der Waals surface area contributed by atoms with Crippen molar-refractivity contribution in [3.63, 3.8) is 0 Å². The molecule has 0 rings (SSSR count). The van der Waals surface area contributed by atoms with Crippen molar-refractivity contribution in [3.8, 4) is 0 Å². The molecule has 0 saturated carbocycles. The molecule has 0 aromatic rings. The molecule has 0 radical (unpaired) electrons. The second kappa shape index (κ2) is 21.0. The molecular formula is C20H41BrOTe. The first-order valence-electron chi connectivity index (χ1n) is 9.90. The maximum Gasteiger partial charge on any atom is -1.00 e. The van der Waals surface area contributed by atoms with Gasteiger partial charge in [-0.05, 0) is 0 Å². The zero-order valence-electron chi connectivity index (χ0n) is 16.0. The van der Waals surface area contributed by atoms with Gasteiger partial charge in [-0.2, -0.15) is 0 Å². The quantitative estimate of drug-likeness (QED) is 0.214. The average molecular weight is 505 g/mol. The van der Waals surface area contributed by atoms with Gasteiger partial charge >= 0.3 is 148 Å². The van der Waals surface area contributed by atoms with Crippen molar-refractivity contribution in [2.45, 2.75) is 118 Å². The molecule has 0 unspecified atom stereocenters. The van der Waals surface area contributed by atoms with Gasteiger partial charge in [0.05, 0.1) is 0 Å². The molecule has 0 aromatic heterocycles. The molecule has 0 fully saturated rings. The maximum absolute atomic E-state index is 12.2. The van der Waals surface area contributed by atoms with Gasteiger partial charge in [0, 0.05) is 0 Å². The zero-order chi connectivity index (χ0) is 16.5. The number of ketones is 1. The van der Waals surface area contributed by atoms with E-state index in [1.807, 2.05) is 0 Å². The Balaban J connectivity index is 0. The van der Waals surface area contributed by atoms with E-state index in [0.29, 0.717) is 5.78 Å². The van der Waals surface area contributed by atoms with E-state index >= 15 is 0 Å². The van der Waals surface area contributed by atoms with E-state index in [9.17, 15) is 4.79 Å². The minimum atomic E-state index is -1.07. The van der Waals surface area contributed by atoms with Gasteiger partial charge < -0.3 is 17.0 Å². The maximum atomic E-state index is 12.2. The van der Waals surface area contributed by atoms with Crippen molar-refractivity contribution in [2.24, 2.45) is 0 Å². The van der Waals surface area contributed by atoms with Gasteiger partial charge in [-0.1, -0.05) is 0 Å². The first kappa shape index (κ1) is 26.2. The van der Waals surface area contributed by atoms with Crippen LogP contribution in [0.1, 0.15) is 104 Å². The number of carbonyl (C=O) groups is 1. The van der Waals surface area contributed by atoms with Crippen molar-refractivity contribution in [1.29, 1.82) is 0 Å². The fraction of sp³-hybridized carbons (Fsp3) is 0.950. The zero-order valence-corrected chi connectivity index (χ0v) is 19.9. The Kier molecular flexibility index (Phi) is 23.9. The summed E-state index contributed by atoms with van der Waals surface area (Å²) in [5.74, 6) is 0.606. The summed E-state index contributed by atoms with van der Waals surface area (Å²) in [6.07, 6.45) is 16.9. The van der Waals surface area contributed by atoms with Crippen LogP contribution in [0.3, 0.4) is 0 Å². The smallest absolute Gasteiger partial charge is 1.00 e. The fourth-order valence-corrected chi connectivity index (χ4v) is 9.80. The van der Waals surface area contributed by atoms with Gasteiger partial charge in [-0.15, -0.1) is 0 Å². The minimum absolute atomic E-state index is 0. The number of carbonyl (C=O) groups excluding carboxylic acids is 1. The van der Waals surface area contributed by atoms with Gasteiger partial charge in [-0.3, -0.25) is 0 Å². The van der Waals surface area contributed by atoms with Crippen LogP contribution in [0.15, 0.2) is 0 Å². The molecule has 0 amide bonds. The van der Waals surface area contributed by atoms with E-state index in [2.05, 4.69) is 20.8 Å². The molecular weight excluding hydrogens is 464 g/mol. The summed E-state index contributed by atoms with van der Waals surface area (Å²) in [4.78, 5) is 12.2. The van der Waals surface area contributed by atoms with E-state index in [1.54, 1.807) is 0 Å². The number of hydrogen-bond acceptors (Lipinski definition) is 1. The van der Waals surface area contributed by atoms with Crippen molar-refractivity contribution in [3.05, 3.63) is 0 Å². The Hall–Kier alpha value is 0.940. The largest absolute Gasteiger partial charge is 1.00 e. The van der Waals surface area contributed by atoms with Gasteiger partial charge in [0.25, 0.3) is 0 Å². The SMILES string of the molecule is CCCCCCCCCCC(=O)C[Te+](CCCC)CCCC.[Br-]. The number of hydrogen-bond donors (Lipinski definition) is 0. The molecule has 0 aliphatic heterocycles. The molecule has 0 aliphatic rings. The second-order valence-electron chi connectivity index (χ2n) is 6.64. The van der Waals surface area contributed by atoms with Crippen molar-refractivity contribution < 1.29 is 21.8 Å². The van der Waals surface area contributed by atoms with Crippen LogP contribution in [0.4, 0.5) is 0 Å². The number of rotatable bonds is 17. The van der Waals surface area contributed by atoms with Crippen LogP contribution in [-0.2, 0) is 4.79 Å². The Morgan fingerprint density at radius 3 is 1.57 bits per heavy atom. The standard InChI is InChI=1S/C20H41OTe.BrH/c1-4-7-10-11-12-13-14-15-16-20(21)19-22(17-8-5-2)18-9-6-3;/h4-19H2,1-3H3;1H/q+1;/p-1. The van der Waals surface area contributed by atoms with Crippen LogP contribution >= 0.6 is 0 Å². The molecule has 0 heterocycles. The topological polar surface area (TPSA) is 17.1 Å². The van der Waals surface area contributed by atoms with Crippen LogP contribution in [0.5, 0.6) is 0 Å². The third-order valence-electron chi connectivity index (χ3n) is 4.25.